The molecular formula is C21H20FN3O4S2. The van der Waals surface area contributed by atoms with Gasteiger partial charge in [0.1, 0.15) is 5.82 Å². The summed E-state index contributed by atoms with van der Waals surface area (Å²) in [7, 11) is -4.02. The summed E-state index contributed by atoms with van der Waals surface area (Å²) in [4.78, 5) is 31.0. The second-order valence-corrected chi connectivity index (χ2v) is 9.82. The maximum atomic E-state index is 13.0. The molecule has 1 heterocycles. The standard InChI is InChI=1S/C21H20FN3O4S2/c1-3-17(19(26)24-15-8-6-14(22)7-9-15)30-21-23-12-18(20(27)25-21)31(28,29)16-10-4-13(2)5-11-16/h4-12,17H,3H2,1-2H3,(H,24,26)(H,23,25,27). The van der Waals surface area contributed by atoms with E-state index in [4.69, 9.17) is 0 Å². The number of carbonyl (C=O) groups is 1. The van der Waals surface area contributed by atoms with Crippen molar-refractivity contribution in [2.75, 3.05) is 5.32 Å². The number of hydrogen-bond acceptors (Lipinski definition) is 6. The second kappa shape index (κ2) is 9.44. The van der Waals surface area contributed by atoms with E-state index in [-0.39, 0.29) is 16.0 Å². The molecule has 0 fully saturated rings. The molecule has 0 bridgehead atoms. The fourth-order valence-electron chi connectivity index (χ4n) is 2.68. The van der Waals surface area contributed by atoms with Crippen molar-refractivity contribution in [3.05, 3.63) is 76.5 Å². The topological polar surface area (TPSA) is 109 Å². The van der Waals surface area contributed by atoms with Crippen LogP contribution in [0.3, 0.4) is 0 Å². The summed E-state index contributed by atoms with van der Waals surface area (Å²) in [5.74, 6) is -0.764. The number of sulfone groups is 1. The van der Waals surface area contributed by atoms with Crippen LogP contribution in [0.1, 0.15) is 18.9 Å². The van der Waals surface area contributed by atoms with Crippen molar-refractivity contribution >= 4 is 33.2 Å². The number of nitrogens with zero attached hydrogens (tertiary/aromatic N) is 1. The predicted molar refractivity (Wildman–Crippen MR) is 116 cm³/mol. The summed E-state index contributed by atoms with van der Waals surface area (Å²) in [5.41, 5.74) is 0.514. The molecule has 0 aliphatic heterocycles. The number of rotatable bonds is 7. The van der Waals surface area contributed by atoms with Crippen molar-refractivity contribution in [3.63, 3.8) is 0 Å². The number of aryl methyl sites for hydroxylation is 1. The molecule has 0 aliphatic rings. The Morgan fingerprint density at radius 2 is 1.81 bits per heavy atom. The fourth-order valence-corrected chi connectivity index (χ4v) is 4.78. The lowest BCUT2D eigenvalue weighted by molar-refractivity contribution is -0.115. The highest BCUT2D eigenvalue weighted by Crippen LogP contribution is 2.24. The number of carbonyl (C=O) groups excluding carboxylic acids is 1. The van der Waals surface area contributed by atoms with Crippen molar-refractivity contribution in [1.82, 2.24) is 9.97 Å². The Balaban J connectivity index is 1.78. The predicted octanol–water partition coefficient (Wildman–Crippen LogP) is 3.56. The number of nitrogens with one attached hydrogen (secondary N) is 2. The van der Waals surface area contributed by atoms with E-state index in [9.17, 15) is 22.4 Å². The number of H-pyrrole nitrogens is 1. The Bertz CT molecular complexity index is 1240. The molecule has 1 aromatic heterocycles. The zero-order valence-corrected chi connectivity index (χ0v) is 18.4. The van der Waals surface area contributed by atoms with Crippen molar-refractivity contribution < 1.29 is 17.6 Å². The molecule has 3 rings (SSSR count). The first kappa shape index (κ1) is 22.7. The summed E-state index contributed by atoms with van der Waals surface area (Å²) in [5, 5.41) is 2.19. The van der Waals surface area contributed by atoms with Crippen LogP contribution in [-0.2, 0) is 14.6 Å². The van der Waals surface area contributed by atoms with Crippen molar-refractivity contribution in [1.29, 1.82) is 0 Å². The Morgan fingerprint density at radius 1 is 1.16 bits per heavy atom. The minimum atomic E-state index is -4.02. The number of aromatic amines is 1. The monoisotopic (exact) mass is 461 g/mol. The van der Waals surface area contributed by atoms with Crippen LogP contribution in [0, 0.1) is 12.7 Å². The van der Waals surface area contributed by atoms with Crippen LogP contribution in [0.15, 0.2) is 74.5 Å². The lowest BCUT2D eigenvalue weighted by Crippen LogP contribution is -2.26. The number of amides is 1. The minimum absolute atomic E-state index is 0.00378. The molecule has 10 heteroatoms. The van der Waals surface area contributed by atoms with Crippen molar-refractivity contribution in [2.24, 2.45) is 0 Å². The van der Waals surface area contributed by atoms with Crippen LogP contribution >= 0.6 is 11.8 Å². The molecule has 0 saturated carbocycles. The number of thioether (sulfide) groups is 1. The Morgan fingerprint density at radius 3 is 2.39 bits per heavy atom. The van der Waals surface area contributed by atoms with Gasteiger partial charge in [-0.1, -0.05) is 36.4 Å². The lowest BCUT2D eigenvalue weighted by Gasteiger charge is -2.14. The molecular weight excluding hydrogens is 441 g/mol. The maximum Gasteiger partial charge on any atom is 0.270 e. The SMILES string of the molecule is CCC(Sc1ncc(S(=O)(=O)c2ccc(C)cc2)c(=O)[nH]1)C(=O)Nc1ccc(F)cc1. The van der Waals surface area contributed by atoms with E-state index < -0.39 is 31.4 Å². The summed E-state index contributed by atoms with van der Waals surface area (Å²) in [6.07, 6.45) is 1.42. The highest BCUT2D eigenvalue weighted by molar-refractivity contribution is 8.00. The van der Waals surface area contributed by atoms with E-state index in [1.165, 1.54) is 36.4 Å². The van der Waals surface area contributed by atoms with E-state index in [2.05, 4.69) is 15.3 Å². The zero-order valence-electron chi connectivity index (χ0n) is 16.8. The third-order valence-electron chi connectivity index (χ3n) is 4.39. The van der Waals surface area contributed by atoms with Gasteiger partial charge in [0.05, 0.1) is 16.3 Å². The van der Waals surface area contributed by atoms with Gasteiger partial charge in [-0.2, -0.15) is 0 Å². The van der Waals surface area contributed by atoms with E-state index in [0.29, 0.717) is 12.1 Å². The summed E-state index contributed by atoms with van der Waals surface area (Å²) >= 11 is 1.00. The second-order valence-electron chi connectivity index (χ2n) is 6.71. The highest BCUT2D eigenvalue weighted by atomic mass is 32.2. The van der Waals surface area contributed by atoms with E-state index in [1.54, 1.807) is 19.1 Å². The van der Waals surface area contributed by atoms with Crippen LogP contribution in [0.4, 0.5) is 10.1 Å². The summed E-state index contributed by atoms with van der Waals surface area (Å²) in [6, 6.07) is 11.5. The zero-order chi connectivity index (χ0) is 22.6. The Labute approximate surface area is 183 Å². The first-order valence-electron chi connectivity index (χ1n) is 9.35. The molecule has 0 radical (unpaired) electrons. The van der Waals surface area contributed by atoms with Gasteiger partial charge < -0.3 is 10.3 Å². The number of anilines is 1. The number of halogens is 1. The number of benzene rings is 2. The van der Waals surface area contributed by atoms with E-state index in [0.717, 1.165) is 23.5 Å². The van der Waals surface area contributed by atoms with Crippen LogP contribution in [-0.4, -0.2) is 29.5 Å². The molecule has 0 spiro atoms. The van der Waals surface area contributed by atoms with Gasteiger partial charge in [-0.05, 0) is 49.7 Å². The molecule has 1 amide bonds. The molecule has 0 saturated heterocycles. The quantitative estimate of drug-likeness (QED) is 0.411. The lowest BCUT2D eigenvalue weighted by atomic mass is 10.2. The van der Waals surface area contributed by atoms with Crippen molar-refractivity contribution in [2.45, 2.75) is 40.5 Å². The smallest absolute Gasteiger partial charge is 0.270 e. The van der Waals surface area contributed by atoms with E-state index in [1.807, 2.05) is 6.92 Å². The molecule has 1 unspecified atom stereocenters. The largest absolute Gasteiger partial charge is 0.325 e. The third kappa shape index (κ3) is 5.39. The molecule has 162 valence electrons. The van der Waals surface area contributed by atoms with Crippen LogP contribution in [0.2, 0.25) is 0 Å². The highest BCUT2D eigenvalue weighted by Gasteiger charge is 2.24. The molecule has 2 aromatic carbocycles. The average Bonchev–Trinajstić information content (AvgIpc) is 2.73. The van der Waals surface area contributed by atoms with Gasteiger partial charge in [-0.15, -0.1) is 0 Å². The van der Waals surface area contributed by atoms with Crippen molar-refractivity contribution in [3.8, 4) is 0 Å². The first-order valence-corrected chi connectivity index (χ1v) is 11.7. The first-order chi connectivity index (χ1) is 14.7. The van der Waals surface area contributed by atoms with Gasteiger partial charge in [0.25, 0.3) is 5.56 Å². The molecule has 1 atom stereocenters. The van der Waals surface area contributed by atoms with Crippen LogP contribution in [0.25, 0.3) is 0 Å². The van der Waals surface area contributed by atoms with Crippen LogP contribution < -0.4 is 10.9 Å². The minimum Gasteiger partial charge on any atom is -0.325 e. The molecule has 0 aliphatic carbocycles. The molecule has 31 heavy (non-hydrogen) atoms. The van der Waals surface area contributed by atoms with Gasteiger partial charge in [0, 0.05) is 5.69 Å². The van der Waals surface area contributed by atoms with Gasteiger partial charge in [0.2, 0.25) is 15.7 Å². The summed E-state index contributed by atoms with van der Waals surface area (Å²) < 4.78 is 38.5. The maximum absolute atomic E-state index is 13.0. The normalized spacial score (nSPS) is 12.4. The third-order valence-corrected chi connectivity index (χ3v) is 7.42. The molecule has 7 nitrogen and oxygen atoms in total. The Hall–Kier alpha value is -2.98. The van der Waals surface area contributed by atoms with Gasteiger partial charge in [0.15, 0.2) is 10.1 Å². The fraction of sp³-hybridized carbons (Fsp3) is 0.190. The van der Waals surface area contributed by atoms with Gasteiger partial charge in [-0.25, -0.2) is 17.8 Å². The molecule has 3 aromatic rings. The number of aromatic nitrogens is 2. The average molecular weight is 462 g/mol. The van der Waals surface area contributed by atoms with Gasteiger partial charge in [-0.3, -0.25) is 9.59 Å². The molecule has 2 N–H and O–H groups in total. The van der Waals surface area contributed by atoms with E-state index >= 15 is 0 Å². The van der Waals surface area contributed by atoms with Crippen LogP contribution in [0.5, 0.6) is 0 Å². The number of hydrogen-bond donors (Lipinski definition) is 2. The summed E-state index contributed by atoms with van der Waals surface area (Å²) in [6.45, 7) is 3.61. The Kier molecular flexibility index (Phi) is 6.91. The van der Waals surface area contributed by atoms with Gasteiger partial charge >= 0.3 is 0 Å².